The molecule has 9 nitrogen and oxygen atoms in total. The van der Waals surface area contributed by atoms with Crippen molar-refractivity contribution in [3.05, 3.63) is 24.8 Å². The maximum Gasteiger partial charge on any atom is 0.267 e. The number of aromatic nitrogens is 5. The number of nitrogens with two attached hydrogens (primary N) is 1. The highest BCUT2D eigenvalue weighted by Crippen LogP contribution is 2.09. The largest absolute Gasteiger partial charge is 0.368 e. The quantitative estimate of drug-likeness (QED) is 0.713. The fourth-order valence-electron chi connectivity index (χ4n) is 0.938. The molecule has 2 aromatic heterocycles. The van der Waals surface area contributed by atoms with Crippen molar-refractivity contribution < 1.29 is 8.42 Å². The topological polar surface area (TPSA) is 137 Å². The van der Waals surface area contributed by atoms with Crippen LogP contribution in [0.5, 0.6) is 0 Å². The lowest BCUT2D eigenvalue weighted by atomic mass is 10.7. The minimum Gasteiger partial charge on any atom is -0.368 e. The van der Waals surface area contributed by atoms with Crippen molar-refractivity contribution in [2.75, 3.05) is 10.5 Å². The number of nitrogen functional groups attached to an aromatic ring is 1. The van der Waals surface area contributed by atoms with Gasteiger partial charge in [-0.15, -0.1) is 5.10 Å². The third-order valence-electron chi connectivity index (χ3n) is 1.67. The zero-order valence-corrected chi connectivity index (χ0v) is 9.16. The summed E-state index contributed by atoms with van der Waals surface area (Å²) in [4.78, 5) is 10.7. The Balaban J connectivity index is 2.29. The van der Waals surface area contributed by atoms with E-state index in [4.69, 9.17) is 5.73 Å². The Bertz CT molecular complexity index is 598. The van der Waals surface area contributed by atoms with E-state index in [0.29, 0.717) is 0 Å². The van der Waals surface area contributed by atoms with Crippen LogP contribution in [-0.2, 0) is 10.0 Å². The molecule has 0 aliphatic rings. The number of hydrogen-bond acceptors (Lipinski definition) is 8. The highest BCUT2D eigenvalue weighted by Gasteiger charge is 2.16. The van der Waals surface area contributed by atoms with Gasteiger partial charge in [-0.2, -0.15) is 5.10 Å². The zero-order valence-electron chi connectivity index (χ0n) is 8.35. The molecule has 0 atom stereocenters. The van der Waals surface area contributed by atoms with E-state index < -0.39 is 10.0 Å². The second-order valence-electron chi connectivity index (χ2n) is 2.85. The van der Waals surface area contributed by atoms with Gasteiger partial charge < -0.3 is 5.73 Å². The van der Waals surface area contributed by atoms with Crippen LogP contribution in [0.1, 0.15) is 0 Å². The summed E-state index contributed by atoms with van der Waals surface area (Å²) in [5, 5.41) is 6.98. The molecule has 0 saturated carbocycles. The van der Waals surface area contributed by atoms with E-state index in [1.54, 1.807) is 0 Å². The molecule has 0 radical (unpaired) electrons. The van der Waals surface area contributed by atoms with Crippen LogP contribution in [0.25, 0.3) is 0 Å². The summed E-state index contributed by atoms with van der Waals surface area (Å²) in [6, 6.07) is 0. The van der Waals surface area contributed by atoms with Crippen molar-refractivity contribution in [1.29, 1.82) is 0 Å². The summed E-state index contributed by atoms with van der Waals surface area (Å²) in [6.07, 6.45) is 4.80. The third-order valence-corrected chi connectivity index (χ3v) is 2.95. The average Bonchev–Trinajstić information content (AvgIpc) is 2.30. The van der Waals surface area contributed by atoms with Crippen LogP contribution in [0.3, 0.4) is 0 Å². The van der Waals surface area contributed by atoms with E-state index in [1.807, 2.05) is 0 Å². The van der Waals surface area contributed by atoms with Crippen molar-refractivity contribution in [3.63, 3.8) is 0 Å². The van der Waals surface area contributed by atoms with Crippen molar-refractivity contribution in [2.45, 2.75) is 4.90 Å². The molecule has 88 valence electrons. The summed E-state index contributed by atoms with van der Waals surface area (Å²) >= 11 is 0. The summed E-state index contributed by atoms with van der Waals surface area (Å²) in [6.45, 7) is 0. The molecule has 0 bridgehead atoms. The summed E-state index contributed by atoms with van der Waals surface area (Å²) in [5.41, 5.74) is 5.25. The van der Waals surface area contributed by atoms with Gasteiger partial charge in [0, 0.05) is 0 Å². The predicted molar refractivity (Wildman–Crippen MR) is 57.1 cm³/mol. The Morgan fingerprint density at radius 1 is 1.12 bits per heavy atom. The monoisotopic (exact) mass is 253 g/mol. The normalized spacial score (nSPS) is 11.1. The summed E-state index contributed by atoms with van der Waals surface area (Å²) in [7, 11) is -3.83. The molecule has 17 heavy (non-hydrogen) atoms. The second-order valence-corrected chi connectivity index (χ2v) is 4.53. The number of sulfonamides is 1. The lowest BCUT2D eigenvalue weighted by Crippen LogP contribution is -2.16. The molecule has 2 heterocycles. The molecular weight excluding hydrogens is 246 g/mol. The number of nitrogens with zero attached hydrogens (tertiary/aromatic N) is 5. The van der Waals surface area contributed by atoms with Gasteiger partial charge in [0.2, 0.25) is 5.95 Å². The molecule has 0 spiro atoms. The number of rotatable bonds is 3. The van der Waals surface area contributed by atoms with Crippen molar-refractivity contribution in [2.24, 2.45) is 0 Å². The number of hydrogen-bond donors (Lipinski definition) is 2. The molecule has 0 saturated heterocycles. The lowest BCUT2D eigenvalue weighted by molar-refractivity contribution is 0.599. The van der Waals surface area contributed by atoms with Crippen LogP contribution in [0.4, 0.5) is 11.9 Å². The van der Waals surface area contributed by atoms with Crippen LogP contribution in [0.15, 0.2) is 29.7 Å². The van der Waals surface area contributed by atoms with E-state index in [1.165, 1.54) is 12.4 Å². The first-order valence-electron chi connectivity index (χ1n) is 4.32. The van der Waals surface area contributed by atoms with Crippen LogP contribution in [0.2, 0.25) is 0 Å². The fourth-order valence-corrected chi connectivity index (χ4v) is 1.77. The molecular formula is C7H7N7O2S. The van der Waals surface area contributed by atoms with Crippen molar-refractivity contribution >= 4 is 21.9 Å². The molecule has 0 aromatic carbocycles. The van der Waals surface area contributed by atoms with E-state index in [0.717, 1.165) is 12.4 Å². The summed E-state index contributed by atoms with van der Waals surface area (Å²) in [5.74, 6) is -0.147. The maximum atomic E-state index is 11.8. The van der Waals surface area contributed by atoms with Crippen LogP contribution in [0, 0.1) is 0 Å². The predicted octanol–water partition coefficient (Wildman–Crippen LogP) is -0.955. The van der Waals surface area contributed by atoms with Gasteiger partial charge in [0.1, 0.15) is 4.90 Å². The van der Waals surface area contributed by atoms with E-state index in [9.17, 15) is 8.42 Å². The molecule has 3 N–H and O–H groups in total. The Hall–Kier alpha value is -2.36. The molecule has 0 amide bonds. The molecule has 2 rings (SSSR count). The smallest absolute Gasteiger partial charge is 0.267 e. The Morgan fingerprint density at radius 3 is 2.41 bits per heavy atom. The average molecular weight is 253 g/mol. The second kappa shape index (κ2) is 4.25. The van der Waals surface area contributed by atoms with Crippen molar-refractivity contribution in [1.82, 2.24) is 25.1 Å². The third kappa shape index (κ3) is 2.60. The molecule has 0 fully saturated rings. The Labute approximate surface area is 96.2 Å². The maximum absolute atomic E-state index is 11.8. The molecule has 2 aromatic rings. The van der Waals surface area contributed by atoms with Crippen LogP contribution >= 0.6 is 0 Å². The highest BCUT2D eigenvalue weighted by molar-refractivity contribution is 7.92. The highest BCUT2D eigenvalue weighted by atomic mass is 32.2. The van der Waals surface area contributed by atoms with Gasteiger partial charge in [0.25, 0.3) is 16.0 Å². The molecule has 10 heteroatoms. The fraction of sp³-hybridized carbons (Fsp3) is 0. The van der Waals surface area contributed by atoms with Gasteiger partial charge in [-0.05, 0) is 0 Å². The molecule has 0 unspecified atom stereocenters. The summed E-state index contributed by atoms with van der Waals surface area (Å²) < 4.78 is 25.7. The van der Waals surface area contributed by atoms with Crippen molar-refractivity contribution in [3.8, 4) is 0 Å². The standard InChI is InChI=1S/C7H7N7O2S/c8-6-10-3-5(4-11-6)17(15,16)14-7-9-1-2-12-13-7/h1-4H,(H2,8,10,11)(H,9,13,14). The van der Waals surface area contributed by atoms with E-state index >= 15 is 0 Å². The van der Waals surface area contributed by atoms with Gasteiger partial charge in [-0.25, -0.2) is 28.1 Å². The Kier molecular flexibility index (Phi) is 2.78. The van der Waals surface area contributed by atoms with E-state index in [-0.39, 0.29) is 16.8 Å². The SMILES string of the molecule is Nc1ncc(S(=O)(=O)Nc2nccnn2)cn1. The first-order chi connectivity index (χ1) is 8.08. The zero-order chi connectivity index (χ0) is 12.3. The van der Waals surface area contributed by atoms with Gasteiger partial charge in [-0.3, -0.25) is 0 Å². The van der Waals surface area contributed by atoms with Crippen LogP contribution < -0.4 is 10.5 Å². The van der Waals surface area contributed by atoms with Gasteiger partial charge in [0.15, 0.2) is 0 Å². The van der Waals surface area contributed by atoms with Gasteiger partial charge in [-0.1, -0.05) is 0 Å². The van der Waals surface area contributed by atoms with Gasteiger partial charge >= 0.3 is 0 Å². The van der Waals surface area contributed by atoms with E-state index in [2.05, 4.69) is 29.9 Å². The molecule has 0 aliphatic carbocycles. The lowest BCUT2D eigenvalue weighted by Gasteiger charge is -2.04. The van der Waals surface area contributed by atoms with Crippen LogP contribution in [-0.4, -0.2) is 33.6 Å². The molecule has 0 aliphatic heterocycles. The minimum absolute atomic E-state index is 0.0124. The number of nitrogens with one attached hydrogen (secondary N) is 1. The minimum atomic E-state index is -3.83. The van der Waals surface area contributed by atoms with Gasteiger partial charge in [0.05, 0.1) is 24.8 Å². The first-order valence-corrected chi connectivity index (χ1v) is 5.80. The number of anilines is 2. The Morgan fingerprint density at radius 2 is 1.82 bits per heavy atom. The first kappa shape index (κ1) is 11.1.